The molecular formula is C26H28N2O7S. The van der Waals surface area contributed by atoms with Gasteiger partial charge in [0, 0.05) is 6.54 Å². The van der Waals surface area contributed by atoms with Crippen LogP contribution in [0, 0.1) is 6.92 Å². The maximum absolute atomic E-state index is 13.6. The summed E-state index contributed by atoms with van der Waals surface area (Å²) >= 11 is 0. The highest BCUT2D eigenvalue weighted by molar-refractivity contribution is 7.92. The van der Waals surface area contributed by atoms with Gasteiger partial charge in [0.2, 0.25) is 0 Å². The van der Waals surface area contributed by atoms with Crippen molar-refractivity contribution >= 4 is 21.6 Å². The van der Waals surface area contributed by atoms with E-state index < -0.39 is 22.0 Å². The van der Waals surface area contributed by atoms with Gasteiger partial charge in [-0.15, -0.1) is 0 Å². The van der Waals surface area contributed by atoms with Gasteiger partial charge < -0.3 is 24.3 Å². The molecule has 1 amide bonds. The molecule has 0 aliphatic carbocycles. The molecule has 1 aliphatic rings. The number of sulfonamides is 1. The highest BCUT2D eigenvalue weighted by Gasteiger charge is 2.37. The second-order valence-corrected chi connectivity index (χ2v) is 10.1. The predicted molar refractivity (Wildman–Crippen MR) is 135 cm³/mol. The Kier molecular flexibility index (Phi) is 7.25. The van der Waals surface area contributed by atoms with Crippen LogP contribution in [0.3, 0.4) is 0 Å². The lowest BCUT2D eigenvalue weighted by atomic mass is 10.1. The molecule has 10 heteroatoms. The molecule has 4 rings (SSSR count). The van der Waals surface area contributed by atoms with Crippen LogP contribution in [0.2, 0.25) is 0 Å². The number of hydrogen-bond donors (Lipinski definition) is 1. The van der Waals surface area contributed by atoms with Crippen molar-refractivity contribution in [1.29, 1.82) is 0 Å². The van der Waals surface area contributed by atoms with Gasteiger partial charge in [-0.25, -0.2) is 8.42 Å². The van der Waals surface area contributed by atoms with E-state index >= 15 is 0 Å². The molecule has 0 radical (unpaired) electrons. The molecule has 0 unspecified atom stereocenters. The summed E-state index contributed by atoms with van der Waals surface area (Å²) in [6, 6.07) is 16.6. The van der Waals surface area contributed by atoms with Crippen molar-refractivity contribution in [3.05, 3.63) is 71.8 Å². The number of ether oxygens (including phenoxy) is 4. The predicted octanol–water partition coefficient (Wildman–Crippen LogP) is 3.29. The lowest BCUT2D eigenvalue weighted by Crippen LogP contribution is -2.50. The monoisotopic (exact) mass is 512 g/mol. The van der Waals surface area contributed by atoms with Crippen LogP contribution < -0.4 is 28.6 Å². The number of nitrogens with one attached hydrogen (secondary N) is 1. The van der Waals surface area contributed by atoms with E-state index in [9.17, 15) is 13.2 Å². The third-order valence-corrected chi connectivity index (χ3v) is 7.63. The molecule has 0 fully saturated rings. The summed E-state index contributed by atoms with van der Waals surface area (Å²) in [5.41, 5.74) is 2.04. The first-order valence-corrected chi connectivity index (χ1v) is 12.6. The smallest absolute Gasteiger partial charge is 0.264 e. The summed E-state index contributed by atoms with van der Waals surface area (Å²) in [6.07, 6.45) is -1.05. The molecular weight excluding hydrogens is 484 g/mol. The Labute approximate surface area is 210 Å². The Morgan fingerprint density at radius 2 is 1.69 bits per heavy atom. The van der Waals surface area contributed by atoms with Crippen LogP contribution in [0.25, 0.3) is 0 Å². The van der Waals surface area contributed by atoms with Crippen molar-refractivity contribution in [1.82, 2.24) is 5.32 Å². The fourth-order valence-corrected chi connectivity index (χ4v) is 5.37. The topological polar surface area (TPSA) is 103 Å². The number of anilines is 1. The molecule has 1 N–H and O–H groups in total. The summed E-state index contributed by atoms with van der Waals surface area (Å²) in [6.45, 7) is 1.89. The lowest BCUT2D eigenvalue weighted by Gasteiger charge is -2.35. The maximum atomic E-state index is 13.6. The summed E-state index contributed by atoms with van der Waals surface area (Å²) in [5, 5.41) is 2.83. The van der Waals surface area contributed by atoms with Gasteiger partial charge in [0.1, 0.15) is 11.5 Å². The quantitative estimate of drug-likeness (QED) is 0.494. The zero-order valence-corrected chi connectivity index (χ0v) is 21.3. The van der Waals surface area contributed by atoms with E-state index in [4.69, 9.17) is 18.9 Å². The molecule has 1 atom stereocenters. The van der Waals surface area contributed by atoms with Crippen LogP contribution >= 0.6 is 0 Å². The SMILES string of the molecule is COc1ccc(S(=O)(=O)N2C[C@@H](C(=O)NCc3ccc(OC)c(OC)c3)Oc3cc(C)ccc32)cc1. The minimum atomic E-state index is -3.98. The summed E-state index contributed by atoms with van der Waals surface area (Å²) in [7, 11) is 0.615. The number of methoxy groups -OCH3 is 3. The van der Waals surface area contributed by atoms with Crippen LogP contribution in [-0.4, -0.2) is 48.3 Å². The number of fused-ring (bicyclic) bond motifs is 1. The maximum Gasteiger partial charge on any atom is 0.264 e. The Morgan fingerprint density at radius 1 is 0.972 bits per heavy atom. The second kappa shape index (κ2) is 10.4. The average molecular weight is 513 g/mol. The Balaban J connectivity index is 1.58. The van der Waals surface area contributed by atoms with E-state index in [1.54, 1.807) is 49.6 Å². The van der Waals surface area contributed by atoms with Crippen LogP contribution in [0.5, 0.6) is 23.0 Å². The third-order valence-electron chi connectivity index (χ3n) is 5.84. The van der Waals surface area contributed by atoms with Crippen LogP contribution in [-0.2, 0) is 21.4 Å². The van der Waals surface area contributed by atoms with Gasteiger partial charge in [-0.3, -0.25) is 9.10 Å². The average Bonchev–Trinajstić information content (AvgIpc) is 2.90. The van der Waals surface area contributed by atoms with E-state index in [2.05, 4.69) is 5.32 Å². The lowest BCUT2D eigenvalue weighted by molar-refractivity contribution is -0.127. The standard InChI is InChI=1S/C26H28N2O7S/c1-17-5-11-21-23(13-17)35-25(16-28(21)36(30,31)20-9-7-19(32-2)8-10-20)26(29)27-15-18-6-12-22(33-3)24(14-18)34-4/h5-14,25H,15-16H2,1-4H3,(H,27,29)/t25-/m0/s1. The normalized spacial score (nSPS) is 14.9. The number of amides is 1. The molecule has 0 bridgehead atoms. The van der Waals surface area contributed by atoms with E-state index in [0.29, 0.717) is 28.7 Å². The summed E-state index contributed by atoms with van der Waals surface area (Å²) < 4.78 is 50.0. The molecule has 0 spiro atoms. The number of aryl methyl sites for hydroxylation is 1. The van der Waals surface area contributed by atoms with Gasteiger partial charge in [-0.05, 0) is 66.6 Å². The van der Waals surface area contributed by atoms with E-state index in [1.807, 2.05) is 13.0 Å². The van der Waals surface area contributed by atoms with Gasteiger partial charge in [0.25, 0.3) is 15.9 Å². The molecule has 1 heterocycles. The van der Waals surface area contributed by atoms with Gasteiger partial charge >= 0.3 is 0 Å². The minimum Gasteiger partial charge on any atom is -0.497 e. The van der Waals surface area contributed by atoms with Crippen molar-refractivity contribution in [3.8, 4) is 23.0 Å². The Bertz CT molecular complexity index is 1360. The minimum absolute atomic E-state index is 0.0845. The van der Waals surface area contributed by atoms with E-state index in [-0.39, 0.29) is 18.0 Å². The first kappa shape index (κ1) is 25.2. The fraction of sp³-hybridized carbons (Fsp3) is 0.269. The number of carbonyl (C=O) groups is 1. The van der Waals surface area contributed by atoms with Crippen molar-refractivity contribution in [2.75, 3.05) is 32.2 Å². The zero-order chi connectivity index (χ0) is 25.9. The first-order valence-electron chi connectivity index (χ1n) is 11.2. The van der Waals surface area contributed by atoms with Gasteiger partial charge in [-0.1, -0.05) is 12.1 Å². The van der Waals surface area contributed by atoms with E-state index in [0.717, 1.165) is 11.1 Å². The highest BCUT2D eigenvalue weighted by atomic mass is 32.2. The molecule has 36 heavy (non-hydrogen) atoms. The molecule has 190 valence electrons. The molecule has 1 aliphatic heterocycles. The number of carbonyl (C=O) groups excluding carboxylic acids is 1. The first-order chi connectivity index (χ1) is 17.3. The van der Waals surface area contributed by atoms with Gasteiger partial charge in [-0.2, -0.15) is 0 Å². The number of rotatable bonds is 8. The number of nitrogens with zero attached hydrogens (tertiary/aromatic N) is 1. The van der Waals surface area contributed by atoms with Gasteiger partial charge in [0.15, 0.2) is 17.6 Å². The number of benzene rings is 3. The molecule has 9 nitrogen and oxygen atoms in total. The summed E-state index contributed by atoms with van der Waals surface area (Å²) in [4.78, 5) is 13.2. The second-order valence-electron chi connectivity index (χ2n) is 8.20. The highest BCUT2D eigenvalue weighted by Crippen LogP contribution is 2.38. The van der Waals surface area contributed by atoms with Crippen LogP contribution in [0.1, 0.15) is 11.1 Å². The molecule has 0 saturated heterocycles. The Morgan fingerprint density at radius 3 is 2.36 bits per heavy atom. The molecule has 3 aromatic carbocycles. The summed E-state index contributed by atoms with van der Waals surface area (Å²) in [5.74, 6) is 1.55. The van der Waals surface area contributed by atoms with Crippen LogP contribution in [0.4, 0.5) is 5.69 Å². The van der Waals surface area contributed by atoms with Crippen molar-refractivity contribution < 1.29 is 32.2 Å². The van der Waals surface area contributed by atoms with Crippen molar-refractivity contribution in [2.45, 2.75) is 24.5 Å². The molecule has 3 aromatic rings. The Hall–Kier alpha value is -3.92. The molecule has 0 aromatic heterocycles. The molecule has 0 saturated carbocycles. The van der Waals surface area contributed by atoms with E-state index in [1.165, 1.54) is 30.7 Å². The fourth-order valence-electron chi connectivity index (χ4n) is 3.89. The van der Waals surface area contributed by atoms with Gasteiger partial charge in [0.05, 0.1) is 38.5 Å². The third kappa shape index (κ3) is 5.03. The van der Waals surface area contributed by atoms with Crippen LogP contribution in [0.15, 0.2) is 65.6 Å². The van der Waals surface area contributed by atoms with Crippen molar-refractivity contribution in [2.24, 2.45) is 0 Å². The largest absolute Gasteiger partial charge is 0.497 e. The number of hydrogen-bond acceptors (Lipinski definition) is 7. The zero-order valence-electron chi connectivity index (χ0n) is 20.5. The van der Waals surface area contributed by atoms with Crippen molar-refractivity contribution in [3.63, 3.8) is 0 Å².